The van der Waals surface area contributed by atoms with E-state index in [-0.39, 0.29) is 5.91 Å². The molecule has 0 spiro atoms. The third kappa shape index (κ3) is 4.78. The van der Waals surface area contributed by atoms with Crippen LogP contribution in [-0.2, 0) is 0 Å². The number of pyridine rings is 1. The Labute approximate surface area is 183 Å². The van der Waals surface area contributed by atoms with E-state index < -0.39 is 0 Å². The number of ether oxygens (including phenoxy) is 1. The van der Waals surface area contributed by atoms with Crippen LogP contribution in [0.4, 0.5) is 5.69 Å². The van der Waals surface area contributed by atoms with Crippen LogP contribution in [0.15, 0.2) is 60.8 Å². The number of hydrogen-bond donors (Lipinski definition) is 2. The summed E-state index contributed by atoms with van der Waals surface area (Å²) in [5.74, 6) is 1.02. The Morgan fingerprint density at radius 2 is 1.94 bits per heavy atom. The Bertz CT molecular complexity index is 1040. The number of nitrogens with one attached hydrogen (secondary N) is 2. The van der Waals surface area contributed by atoms with Gasteiger partial charge in [0.25, 0.3) is 5.91 Å². The van der Waals surface area contributed by atoms with Crippen molar-refractivity contribution in [3.8, 4) is 16.9 Å². The number of benzene rings is 2. The first-order chi connectivity index (χ1) is 15.2. The lowest BCUT2D eigenvalue weighted by Gasteiger charge is -2.18. The summed E-state index contributed by atoms with van der Waals surface area (Å²) in [5, 5.41) is 6.62. The van der Waals surface area contributed by atoms with Crippen LogP contribution >= 0.6 is 0 Å². The first-order valence-electron chi connectivity index (χ1n) is 10.9. The van der Waals surface area contributed by atoms with E-state index in [0.717, 1.165) is 53.3 Å². The zero-order valence-electron chi connectivity index (χ0n) is 18.2. The van der Waals surface area contributed by atoms with Crippen molar-refractivity contribution < 1.29 is 9.53 Å². The van der Waals surface area contributed by atoms with E-state index in [1.807, 2.05) is 67.7 Å². The monoisotopic (exact) mass is 415 g/mol. The standard InChI is InChI=1S/C26H29N3O2/c1-18-22(19-11-13-21(31-2)14-12-19)8-5-9-23(18)26(30)29-24-10-6-16-28-25(24)20-7-3-4-15-27-17-20/h5-6,8-14,16,20,27H,3-4,7,15,17H2,1-2H3,(H,29,30). The Morgan fingerprint density at radius 3 is 2.74 bits per heavy atom. The van der Waals surface area contributed by atoms with Crippen LogP contribution in [-0.4, -0.2) is 31.1 Å². The summed E-state index contributed by atoms with van der Waals surface area (Å²) < 4.78 is 5.26. The second-order valence-electron chi connectivity index (χ2n) is 7.99. The van der Waals surface area contributed by atoms with E-state index in [1.165, 1.54) is 12.8 Å². The number of amides is 1. The molecule has 0 radical (unpaired) electrons. The molecule has 2 aromatic carbocycles. The third-order valence-corrected chi connectivity index (χ3v) is 6.00. The van der Waals surface area contributed by atoms with E-state index in [0.29, 0.717) is 11.5 Å². The maximum atomic E-state index is 13.2. The summed E-state index contributed by atoms with van der Waals surface area (Å²) in [7, 11) is 1.66. The topological polar surface area (TPSA) is 63.2 Å². The van der Waals surface area contributed by atoms with Gasteiger partial charge in [-0.25, -0.2) is 0 Å². The highest BCUT2D eigenvalue weighted by Gasteiger charge is 2.21. The van der Waals surface area contributed by atoms with Gasteiger partial charge in [0.15, 0.2) is 0 Å². The second-order valence-corrected chi connectivity index (χ2v) is 7.99. The smallest absolute Gasteiger partial charge is 0.256 e. The van der Waals surface area contributed by atoms with Crippen molar-refractivity contribution in [2.45, 2.75) is 32.1 Å². The van der Waals surface area contributed by atoms with E-state index in [4.69, 9.17) is 4.74 Å². The molecule has 1 aromatic heterocycles. The lowest BCUT2D eigenvalue weighted by molar-refractivity contribution is 0.102. The molecular formula is C26H29N3O2. The highest BCUT2D eigenvalue weighted by atomic mass is 16.5. The number of methoxy groups -OCH3 is 1. The molecule has 5 nitrogen and oxygen atoms in total. The van der Waals surface area contributed by atoms with Crippen molar-refractivity contribution >= 4 is 11.6 Å². The number of carbonyl (C=O) groups excluding carboxylic acids is 1. The maximum Gasteiger partial charge on any atom is 0.256 e. The first kappa shape index (κ1) is 21.1. The molecule has 1 amide bonds. The van der Waals surface area contributed by atoms with Crippen LogP contribution in [0.5, 0.6) is 5.75 Å². The fraction of sp³-hybridized carbons (Fsp3) is 0.308. The number of carbonyl (C=O) groups is 1. The average molecular weight is 416 g/mol. The van der Waals surface area contributed by atoms with Gasteiger partial charge in [0.2, 0.25) is 0 Å². The lowest BCUT2D eigenvalue weighted by Crippen LogP contribution is -2.22. The number of hydrogen-bond acceptors (Lipinski definition) is 4. The van der Waals surface area contributed by atoms with Gasteiger partial charge < -0.3 is 15.4 Å². The Balaban J connectivity index is 1.60. The zero-order chi connectivity index (χ0) is 21.6. The van der Waals surface area contributed by atoms with Crippen molar-refractivity contribution in [1.82, 2.24) is 10.3 Å². The van der Waals surface area contributed by atoms with Gasteiger partial charge in [-0.05, 0) is 73.3 Å². The van der Waals surface area contributed by atoms with Gasteiger partial charge >= 0.3 is 0 Å². The molecule has 1 saturated heterocycles. The molecule has 160 valence electrons. The number of anilines is 1. The molecule has 4 rings (SSSR count). The van der Waals surface area contributed by atoms with E-state index in [9.17, 15) is 4.79 Å². The van der Waals surface area contributed by atoms with Gasteiger partial charge in [-0.15, -0.1) is 0 Å². The van der Waals surface area contributed by atoms with Crippen LogP contribution in [0, 0.1) is 6.92 Å². The molecule has 0 saturated carbocycles. The predicted molar refractivity (Wildman–Crippen MR) is 125 cm³/mol. The maximum absolute atomic E-state index is 13.2. The quantitative estimate of drug-likeness (QED) is 0.603. The fourth-order valence-corrected chi connectivity index (χ4v) is 4.26. The molecule has 1 aliphatic rings. The first-order valence-corrected chi connectivity index (χ1v) is 10.9. The minimum Gasteiger partial charge on any atom is -0.497 e. The summed E-state index contributed by atoms with van der Waals surface area (Å²) in [6.45, 7) is 3.93. The Morgan fingerprint density at radius 1 is 1.10 bits per heavy atom. The molecule has 5 heteroatoms. The molecule has 0 aliphatic carbocycles. The lowest BCUT2D eigenvalue weighted by atomic mass is 9.95. The van der Waals surface area contributed by atoms with Crippen molar-refractivity contribution in [2.75, 3.05) is 25.5 Å². The van der Waals surface area contributed by atoms with Crippen molar-refractivity contribution in [2.24, 2.45) is 0 Å². The van der Waals surface area contributed by atoms with Crippen LogP contribution in [0.3, 0.4) is 0 Å². The summed E-state index contributed by atoms with van der Waals surface area (Å²) in [6.07, 6.45) is 5.25. The highest BCUT2D eigenvalue weighted by molar-refractivity contribution is 6.06. The molecule has 1 unspecified atom stereocenters. The van der Waals surface area contributed by atoms with Crippen LogP contribution in [0.1, 0.15) is 46.8 Å². The molecular weight excluding hydrogens is 386 g/mol. The normalized spacial score (nSPS) is 16.4. The molecule has 1 fully saturated rings. The summed E-state index contributed by atoms with van der Waals surface area (Å²) in [4.78, 5) is 17.9. The molecule has 1 atom stereocenters. The van der Waals surface area contributed by atoms with Gasteiger partial charge in [0, 0.05) is 24.2 Å². The van der Waals surface area contributed by atoms with Gasteiger partial charge in [-0.3, -0.25) is 9.78 Å². The number of rotatable bonds is 5. The summed E-state index contributed by atoms with van der Waals surface area (Å²) in [5.41, 5.74) is 5.48. The zero-order valence-corrected chi connectivity index (χ0v) is 18.2. The van der Waals surface area contributed by atoms with Crippen LogP contribution < -0.4 is 15.4 Å². The average Bonchev–Trinajstić information content (AvgIpc) is 3.09. The molecule has 0 bridgehead atoms. The molecule has 31 heavy (non-hydrogen) atoms. The molecule has 3 aromatic rings. The van der Waals surface area contributed by atoms with E-state index >= 15 is 0 Å². The summed E-state index contributed by atoms with van der Waals surface area (Å²) >= 11 is 0. The van der Waals surface area contributed by atoms with Gasteiger partial charge in [0.05, 0.1) is 18.5 Å². The number of aromatic nitrogens is 1. The minimum absolute atomic E-state index is 0.108. The van der Waals surface area contributed by atoms with Gasteiger partial charge in [-0.1, -0.05) is 30.7 Å². The van der Waals surface area contributed by atoms with Crippen molar-refractivity contribution in [3.63, 3.8) is 0 Å². The second kappa shape index (κ2) is 9.75. The summed E-state index contributed by atoms with van der Waals surface area (Å²) in [6, 6.07) is 17.6. The minimum atomic E-state index is -0.108. The van der Waals surface area contributed by atoms with E-state index in [1.54, 1.807) is 7.11 Å². The van der Waals surface area contributed by atoms with Crippen LogP contribution in [0.25, 0.3) is 11.1 Å². The van der Waals surface area contributed by atoms with Gasteiger partial charge in [0.1, 0.15) is 5.75 Å². The Hall–Kier alpha value is -3.18. The third-order valence-electron chi connectivity index (χ3n) is 6.00. The van der Waals surface area contributed by atoms with Crippen molar-refractivity contribution in [1.29, 1.82) is 0 Å². The van der Waals surface area contributed by atoms with Crippen LogP contribution in [0.2, 0.25) is 0 Å². The Kier molecular flexibility index (Phi) is 6.63. The predicted octanol–water partition coefficient (Wildman–Crippen LogP) is 5.18. The molecule has 2 heterocycles. The number of nitrogens with zero attached hydrogens (tertiary/aromatic N) is 1. The largest absolute Gasteiger partial charge is 0.497 e. The molecule has 1 aliphatic heterocycles. The fourth-order valence-electron chi connectivity index (χ4n) is 4.26. The molecule has 2 N–H and O–H groups in total. The highest BCUT2D eigenvalue weighted by Crippen LogP contribution is 2.30. The van der Waals surface area contributed by atoms with E-state index in [2.05, 4.69) is 15.6 Å². The van der Waals surface area contributed by atoms with Gasteiger partial charge in [-0.2, -0.15) is 0 Å². The SMILES string of the molecule is COc1ccc(-c2cccc(C(=O)Nc3cccnc3C3CCCCNC3)c2C)cc1. The van der Waals surface area contributed by atoms with Crippen molar-refractivity contribution in [3.05, 3.63) is 77.6 Å².